The lowest BCUT2D eigenvalue weighted by molar-refractivity contribution is -0.151. The van der Waals surface area contributed by atoms with Crippen LogP contribution in [0, 0.1) is 11.8 Å². The van der Waals surface area contributed by atoms with Crippen molar-refractivity contribution in [1.29, 1.82) is 0 Å². The minimum atomic E-state index is -0.122. The van der Waals surface area contributed by atoms with Gasteiger partial charge in [0.05, 0.1) is 40.6 Å². The summed E-state index contributed by atoms with van der Waals surface area (Å²) in [7, 11) is 0. The minimum Gasteiger partial charge on any atom is -0.463 e. The highest BCUT2D eigenvalue weighted by Gasteiger charge is 2.33. The summed E-state index contributed by atoms with van der Waals surface area (Å²) < 4.78 is 11.0. The highest BCUT2D eigenvalue weighted by molar-refractivity contribution is 7.07. The quantitative estimate of drug-likeness (QED) is 0.168. The Morgan fingerprint density at radius 1 is 0.851 bits per heavy atom. The lowest BCUT2D eigenvalue weighted by Crippen LogP contribution is -2.39. The van der Waals surface area contributed by atoms with E-state index in [1.165, 1.54) is 5.56 Å². The predicted octanol–water partition coefficient (Wildman–Crippen LogP) is 7.16. The standard InChI is InChI=1S/C38H40N6O2S/c45-37(30-16-21-42(22-17-30)38-41-31-10-4-6-12-33(31)43(38)24-27-18-23-47-26-27)46-25-35(28-14-19-39-20-15-28)44-34-13-7-5-11-32(34)40-36(44)29-8-2-1-3-9-29/h1-13,18,23,26,28,30,35,39H,14-17,19-22,24-25H2/t35-/m0/s1. The van der Waals surface area contributed by atoms with Crippen LogP contribution in [0.25, 0.3) is 33.5 Å². The molecule has 8 rings (SSSR count). The molecule has 0 unspecified atom stereocenters. The van der Waals surface area contributed by atoms with Gasteiger partial charge in [-0.3, -0.25) is 4.79 Å². The number of thiophene rings is 1. The molecular formula is C38H40N6O2S. The number of hydrogen-bond acceptors (Lipinski definition) is 7. The van der Waals surface area contributed by atoms with E-state index in [2.05, 4.69) is 96.8 Å². The average Bonchev–Trinajstić information content (AvgIpc) is 3.88. The molecule has 0 radical (unpaired) electrons. The van der Waals surface area contributed by atoms with Crippen molar-refractivity contribution < 1.29 is 9.53 Å². The van der Waals surface area contributed by atoms with Gasteiger partial charge in [-0.05, 0) is 91.3 Å². The number of imidazole rings is 2. The number of hydrogen-bond donors (Lipinski definition) is 1. The molecule has 0 bridgehead atoms. The fraction of sp³-hybridized carbons (Fsp3) is 0.342. The number of fused-ring (bicyclic) bond motifs is 2. The Bertz CT molecular complexity index is 1950. The van der Waals surface area contributed by atoms with Crippen LogP contribution in [0.4, 0.5) is 5.95 Å². The normalized spacial score (nSPS) is 17.0. The zero-order valence-electron chi connectivity index (χ0n) is 26.5. The Labute approximate surface area is 279 Å². The highest BCUT2D eigenvalue weighted by atomic mass is 32.1. The van der Waals surface area contributed by atoms with Crippen molar-refractivity contribution in [3.8, 4) is 11.4 Å². The van der Waals surface area contributed by atoms with Gasteiger partial charge < -0.3 is 24.1 Å². The van der Waals surface area contributed by atoms with Crippen LogP contribution in [-0.4, -0.2) is 57.9 Å². The lowest BCUT2D eigenvalue weighted by atomic mass is 9.89. The molecule has 47 heavy (non-hydrogen) atoms. The third kappa shape index (κ3) is 6.05. The maximum atomic E-state index is 13.7. The van der Waals surface area contributed by atoms with E-state index >= 15 is 0 Å². The molecule has 240 valence electrons. The molecule has 2 aliphatic rings. The summed E-state index contributed by atoms with van der Waals surface area (Å²) in [6.45, 7) is 4.62. The molecule has 8 nitrogen and oxygen atoms in total. The fourth-order valence-electron chi connectivity index (χ4n) is 7.45. The third-order valence-corrected chi connectivity index (χ3v) is 10.7. The van der Waals surface area contributed by atoms with Gasteiger partial charge in [0.15, 0.2) is 0 Å². The van der Waals surface area contributed by atoms with Crippen molar-refractivity contribution in [2.45, 2.75) is 38.3 Å². The van der Waals surface area contributed by atoms with E-state index in [0.717, 1.165) is 97.8 Å². The molecular weight excluding hydrogens is 605 g/mol. The van der Waals surface area contributed by atoms with Crippen LogP contribution in [0.2, 0.25) is 0 Å². The molecule has 2 saturated heterocycles. The monoisotopic (exact) mass is 644 g/mol. The highest BCUT2D eigenvalue weighted by Crippen LogP contribution is 2.36. The number of carbonyl (C=O) groups excluding carboxylic acids is 1. The summed E-state index contributed by atoms with van der Waals surface area (Å²) in [6, 6.07) is 29.2. The van der Waals surface area contributed by atoms with Crippen LogP contribution in [0.5, 0.6) is 0 Å². The van der Waals surface area contributed by atoms with Crippen molar-refractivity contribution >= 4 is 45.3 Å². The number of nitrogens with one attached hydrogen (secondary N) is 1. The van der Waals surface area contributed by atoms with Gasteiger partial charge in [0.25, 0.3) is 0 Å². The van der Waals surface area contributed by atoms with Gasteiger partial charge >= 0.3 is 5.97 Å². The van der Waals surface area contributed by atoms with E-state index < -0.39 is 0 Å². The molecule has 3 aromatic carbocycles. The number of rotatable bonds is 9. The Morgan fingerprint density at radius 2 is 1.55 bits per heavy atom. The number of esters is 1. The number of para-hydroxylation sites is 4. The minimum absolute atomic E-state index is 0.000701. The van der Waals surface area contributed by atoms with Crippen LogP contribution >= 0.6 is 11.3 Å². The Kier molecular flexibility index (Phi) is 8.48. The van der Waals surface area contributed by atoms with Gasteiger partial charge in [-0.1, -0.05) is 54.6 Å². The van der Waals surface area contributed by atoms with E-state index in [0.29, 0.717) is 12.5 Å². The third-order valence-electron chi connectivity index (χ3n) is 9.95. The molecule has 1 atom stereocenters. The summed E-state index contributed by atoms with van der Waals surface area (Å²) in [5.41, 5.74) is 6.55. The molecule has 1 N–H and O–H groups in total. The van der Waals surface area contributed by atoms with Gasteiger partial charge in [-0.2, -0.15) is 11.3 Å². The maximum Gasteiger partial charge on any atom is 0.309 e. The van der Waals surface area contributed by atoms with E-state index in [4.69, 9.17) is 14.7 Å². The van der Waals surface area contributed by atoms with Crippen LogP contribution < -0.4 is 10.2 Å². The summed E-state index contributed by atoms with van der Waals surface area (Å²) in [5, 5.41) is 7.84. The van der Waals surface area contributed by atoms with E-state index in [1.54, 1.807) is 11.3 Å². The zero-order valence-corrected chi connectivity index (χ0v) is 27.3. The van der Waals surface area contributed by atoms with E-state index in [1.807, 2.05) is 18.2 Å². The van der Waals surface area contributed by atoms with Crippen molar-refractivity contribution in [3.63, 3.8) is 0 Å². The first-order valence-corrected chi connectivity index (χ1v) is 17.8. The largest absolute Gasteiger partial charge is 0.463 e. The molecule has 2 fully saturated rings. The molecule has 3 aromatic heterocycles. The summed E-state index contributed by atoms with van der Waals surface area (Å²) in [6.07, 6.45) is 3.57. The molecule has 0 aliphatic carbocycles. The number of anilines is 1. The number of piperidine rings is 2. The van der Waals surface area contributed by atoms with Gasteiger partial charge in [0.2, 0.25) is 5.95 Å². The Morgan fingerprint density at radius 3 is 2.30 bits per heavy atom. The van der Waals surface area contributed by atoms with Gasteiger partial charge in [-0.15, -0.1) is 0 Å². The fourth-order valence-corrected chi connectivity index (χ4v) is 8.11. The molecule has 0 spiro atoms. The molecule has 6 aromatic rings. The number of aromatic nitrogens is 4. The van der Waals surface area contributed by atoms with Gasteiger partial charge in [-0.25, -0.2) is 9.97 Å². The van der Waals surface area contributed by atoms with Crippen LogP contribution in [-0.2, 0) is 16.1 Å². The number of carbonyl (C=O) groups is 1. The number of benzene rings is 3. The summed E-state index contributed by atoms with van der Waals surface area (Å²) >= 11 is 1.72. The lowest BCUT2D eigenvalue weighted by Gasteiger charge is -2.34. The molecule has 2 aliphatic heterocycles. The molecule has 0 amide bonds. The number of nitrogens with zero attached hydrogens (tertiary/aromatic N) is 5. The van der Waals surface area contributed by atoms with Crippen molar-refractivity contribution in [1.82, 2.24) is 24.4 Å². The van der Waals surface area contributed by atoms with Gasteiger partial charge in [0, 0.05) is 18.7 Å². The first kappa shape index (κ1) is 29.9. The van der Waals surface area contributed by atoms with Crippen molar-refractivity contribution in [3.05, 3.63) is 101 Å². The molecule has 0 saturated carbocycles. The molecule has 9 heteroatoms. The number of ether oxygens (including phenoxy) is 1. The SMILES string of the molecule is O=C(OC[C@@H](C1CCNCC1)n1c(-c2ccccc2)nc2ccccc21)C1CCN(c2nc3ccccc3n2Cc2ccsc2)CC1. The van der Waals surface area contributed by atoms with Crippen molar-refractivity contribution in [2.24, 2.45) is 11.8 Å². The van der Waals surface area contributed by atoms with Crippen molar-refractivity contribution in [2.75, 3.05) is 37.7 Å². The second-order valence-corrected chi connectivity index (χ2v) is 13.6. The first-order chi connectivity index (χ1) is 23.2. The predicted molar refractivity (Wildman–Crippen MR) is 189 cm³/mol. The molecule has 5 heterocycles. The summed E-state index contributed by atoms with van der Waals surface area (Å²) in [4.78, 5) is 26.2. The Hall–Kier alpha value is -4.47. The first-order valence-electron chi connectivity index (χ1n) is 16.8. The average molecular weight is 645 g/mol. The maximum absolute atomic E-state index is 13.7. The van der Waals surface area contributed by atoms with E-state index in [9.17, 15) is 4.79 Å². The van der Waals surface area contributed by atoms with Gasteiger partial charge in [0.1, 0.15) is 12.4 Å². The van der Waals surface area contributed by atoms with E-state index in [-0.39, 0.29) is 17.9 Å². The zero-order chi connectivity index (χ0) is 31.6. The topological polar surface area (TPSA) is 77.2 Å². The smallest absolute Gasteiger partial charge is 0.309 e. The Balaban J connectivity index is 1.01. The summed E-state index contributed by atoms with van der Waals surface area (Å²) in [5.74, 6) is 2.09. The second-order valence-electron chi connectivity index (χ2n) is 12.8. The second kappa shape index (κ2) is 13.3. The van der Waals surface area contributed by atoms with Crippen LogP contribution in [0.15, 0.2) is 95.7 Å². The van der Waals surface area contributed by atoms with Crippen LogP contribution in [0.3, 0.4) is 0 Å². The van der Waals surface area contributed by atoms with Crippen LogP contribution in [0.1, 0.15) is 37.3 Å².